The Labute approximate surface area is 112 Å². The Morgan fingerprint density at radius 2 is 1.65 bits per heavy atom. The minimum Gasteiger partial charge on any atom is -0.372 e. The molecule has 0 aromatic heterocycles. The van der Waals surface area contributed by atoms with Crippen LogP contribution in [0.15, 0.2) is 12.1 Å². The third-order valence-corrected chi connectivity index (χ3v) is 2.29. The summed E-state index contributed by atoms with van der Waals surface area (Å²) < 4.78 is 0. The van der Waals surface area contributed by atoms with Crippen molar-refractivity contribution in [2.45, 2.75) is 19.9 Å². The van der Waals surface area contributed by atoms with Gasteiger partial charge < -0.3 is 5.32 Å². The molecule has 0 saturated heterocycles. The third-order valence-electron chi connectivity index (χ3n) is 2.29. The monoisotopic (exact) mass is 284 g/mol. The normalized spacial score (nSPS) is 10.2. The van der Waals surface area contributed by atoms with Crippen LogP contribution in [0.5, 0.6) is 0 Å². The van der Waals surface area contributed by atoms with E-state index in [4.69, 9.17) is 5.21 Å². The van der Waals surface area contributed by atoms with Gasteiger partial charge in [0.25, 0.3) is 17.3 Å². The molecule has 0 bridgehead atoms. The molecule has 108 valence electrons. The van der Waals surface area contributed by atoms with Gasteiger partial charge in [-0.25, -0.2) is 5.48 Å². The third kappa shape index (κ3) is 3.17. The highest BCUT2D eigenvalue weighted by atomic mass is 16.6. The molecule has 10 heteroatoms. The maximum absolute atomic E-state index is 11.3. The first-order valence-corrected chi connectivity index (χ1v) is 5.45. The van der Waals surface area contributed by atoms with Crippen molar-refractivity contribution in [3.63, 3.8) is 0 Å². The number of amides is 1. The van der Waals surface area contributed by atoms with E-state index in [2.05, 4.69) is 5.32 Å². The van der Waals surface area contributed by atoms with E-state index in [0.29, 0.717) is 0 Å². The van der Waals surface area contributed by atoms with Crippen LogP contribution in [-0.4, -0.2) is 27.0 Å². The second kappa shape index (κ2) is 5.93. The number of carbonyl (C=O) groups is 1. The molecular formula is C10H12N4O6. The fraction of sp³-hybridized carbons (Fsp3) is 0.300. The smallest absolute Gasteiger partial charge is 0.300 e. The van der Waals surface area contributed by atoms with Crippen molar-refractivity contribution >= 4 is 23.0 Å². The second-order valence-corrected chi connectivity index (χ2v) is 4.14. The summed E-state index contributed by atoms with van der Waals surface area (Å²) >= 11 is 0. The zero-order valence-electron chi connectivity index (χ0n) is 10.6. The van der Waals surface area contributed by atoms with Crippen LogP contribution in [0, 0.1) is 20.2 Å². The largest absolute Gasteiger partial charge is 0.372 e. The second-order valence-electron chi connectivity index (χ2n) is 4.14. The maximum Gasteiger partial charge on any atom is 0.300 e. The fourth-order valence-corrected chi connectivity index (χ4v) is 1.53. The fourth-order valence-electron chi connectivity index (χ4n) is 1.53. The SMILES string of the molecule is CC(C)Nc1c([N+](=O)[O-])cc(C(=O)NO)cc1[N+](=O)[O-]. The predicted octanol–water partition coefficient (Wildman–Crippen LogP) is 1.44. The van der Waals surface area contributed by atoms with E-state index in [1.54, 1.807) is 13.8 Å². The lowest BCUT2D eigenvalue weighted by molar-refractivity contribution is -0.392. The Morgan fingerprint density at radius 3 is 1.95 bits per heavy atom. The number of hydroxylamine groups is 1. The van der Waals surface area contributed by atoms with Crippen LogP contribution in [0.1, 0.15) is 24.2 Å². The first-order valence-electron chi connectivity index (χ1n) is 5.45. The van der Waals surface area contributed by atoms with Crippen LogP contribution in [0.25, 0.3) is 0 Å². The topological polar surface area (TPSA) is 148 Å². The Balaban J connectivity index is 3.58. The highest BCUT2D eigenvalue weighted by Crippen LogP contribution is 2.36. The summed E-state index contributed by atoms with van der Waals surface area (Å²) in [7, 11) is 0. The molecule has 0 aliphatic heterocycles. The minimum atomic E-state index is -1.08. The van der Waals surface area contributed by atoms with E-state index >= 15 is 0 Å². The lowest BCUT2D eigenvalue weighted by Crippen LogP contribution is -2.20. The summed E-state index contributed by atoms with van der Waals surface area (Å²) in [5.41, 5.74) is -0.645. The summed E-state index contributed by atoms with van der Waals surface area (Å²) in [6.45, 7) is 3.31. The number of nitrogens with zero attached hydrogens (tertiary/aromatic N) is 2. The van der Waals surface area contributed by atoms with Gasteiger partial charge in [-0.15, -0.1) is 0 Å². The van der Waals surface area contributed by atoms with Gasteiger partial charge in [0.15, 0.2) is 5.69 Å². The van der Waals surface area contributed by atoms with E-state index in [-0.39, 0.29) is 17.3 Å². The van der Waals surface area contributed by atoms with Crippen molar-refractivity contribution in [2.75, 3.05) is 5.32 Å². The molecule has 0 unspecified atom stereocenters. The highest BCUT2D eigenvalue weighted by Gasteiger charge is 2.28. The van der Waals surface area contributed by atoms with Crippen LogP contribution < -0.4 is 10.8 Å². The zero-order valence-corrected chi connectivity index (χ0v) is 10.6. The molecule has 0 atom stereocenters. The molecule has 0 radical (unpaired) electrons. The van der Waals surface area contributed by atoms with Crippen molar-refractivity contribution in [1.29, 1.82) is 0 Å². The molecule has 20 heavy (non-hydrogen) atoms. The van der Waals surface area contributed by atoms with E-state index in [1.165, 1.54) is 5.48 Å². The molecule has 3 N–H and O–H groups in total. The number of nitrogens with one attached hydrogen (secondary N) is 2. The summed E-state index contributed by atoms with van der Waals surface area (Å²) in [6.07, 6.45) is 0. The lowest BCUT2D eigenvalue weighted by Gasteiger charge is -2.11. The van der Waals surface area contributed by atoms with Crippen molar-refractivity contribution in [3.8, 4) is 0 Å². The van der Waals surface area contributed by atoms with Gasteiger partial charge in [-0.2, -0.15) is 0 Å². The van der Waals surface area contributed by atoms with Gasteiger partial charge in [-0.05, 0) is 13.8 Å². The molecule has 0 aliphatic carbocycles. The average Bonchev–Trinajstić information content (AvgIpc) is 2.36. The first kappa shape index (κ1) is 15.3. The van der Waals surface area contributed by atoms with Crippen LogP contribution in [0.3, 0.4) is 0 Å². The number of nitro groups is 2. The molecule has 0 aliphatic rings. The van der Waals surface area contributed by atoms with Crippen LogP contribution in [0.4, 0.5) is 17.1 Å². The van der Waals surface area contributed by atoms with Crippen molar-refractivity contribution in [3.05, 3.63) is 37.9 Å². The summed E-state index contributed by atoms with van der Waals surface area (Å²) in [5, 5.41) is 33.1. The van der Waals surface area contributed by atoms with Gasteiger partial charge in [0.05, 0.1) is 15.4 Å². The molecule has 0 saturated carbocycles. The standard InChI is InChI=1S/C10H12N4O6/c1-5(2)11-9-7(13(17)18)3-6(10(15)12-16)4-8(9)14(19)20/h3-5,11,16H,1-2H3,(H,12,15). The van der Waals surface area contributed by atoms with Gasteiger partial charge >= 0.3 is 0 Å². The summed E-state index contributed by atoms with van der Waals surface area (Å²) in [4.78, 5) is 31.6. The number of rotatable bonds is 5. The zero-order chi connectivity index (χ0) is 15.4. The van der Waals surface area contributed by atoms with Gasteiger partial charge in [-0.1, -0.05) is 0 Å². The van der Waals surface area contributed by atoms with Gasteiger partial charge in [0, 0.05) is 18.2 Å². The number of nitro benzene ring substituents is 2. The van der Waals surface area contributed by atoms with E-state index in [9.17, 15) is 25.0 Å². The number of anilines is 1. The lowest BCUT2D eigenvalue weighted by atomic mass is 10.1. The Morgan fingerprint density at radius 1 is 1.20 bits per heavy atom. The predicted molar refractivity (Wildman–Crippen MR) is 67.8 cm³/mol. The average molecular weight is 284 g/mol. The quantitative estimate of drug-likeness (QED) is 0.421. The molecule has 0 heterocycles. The number of carbonyl (C=O) groups excluding carboxylic acids is 1. The Bertz CT molecular complexity index is 536. The molecule has 1 aromatic carbocycles. The molecule has 1 amide bonds. The Kier molecular flexibility index (Phi) is 4.54. The molecule has 1 rings (SSSR count). The number of hydrogen-bond donors (Lipinski definition) is 3. The highest BCUT2D eigenvalue weighted by molar-refractivity contribution is 5.96. The molecule has 0 spiro atoms. The molecular weight excluding hydrogens is 272 g/mol. The first-order chi connectivity index (χ1) is 9.27. The van der Waals surface area contributed by atoms with Gasteiger partial charge in [0.2, 0.25) is 0 Å². The van der Waals surface area contributed by atoms with Gasteiger partial charge in [-0.3, -0.25) is 30.2 Å². The molecule has 1 aromatic rings. The van der Waals surface area contributed by atoms with Crippen molar-refractivity contribution in [1.82, 2.24) is 5.48 Å². The number of benzene rings is 1. The minimum absolute atomic E-state index is 0.287. The van der Waals surface area contributed by atoms with E-state index < -0.39 is 27.1 Å². The van der Waals surface area contributed by atoms with E-state index in [0.717, 1.165) is 12.1 Å². The number of hydrogen-bond acceptors (Lipinski definition) is 7. The van der Waals surface area contributed by atoms with Crippen LogP contribution in [0.2, 0.25) is 0 Å². The molecule has 10 nitrogen and oxygen atoms in total. The summed E-state index contributed by atoms with van der Waals surface area (Å²) in [6, 6.07) is 1.41. The van der Waals surface area contributed by atoms with Crippen molar-refractivity contribution < 1.29 is 19.8 Å². The maximum atomic E-state index is 11.3. The summed E-state index contributed by atoms with van der Waals surface area (Å²) in [5.74, 6) is -1.08. The van der Waals surface area contributed by atoms with Gasteiger partial charge in [0.1, 0.15) is 0 Å². The van der Waals surface area contributed by atoms with E-state index in [1.807, 2.05) is 0 Å². The van der Waals surface area contributed by atoms with Crippen LogP contribution in [-0.2, 0) is 0 Å². The van der Waals surface area contributed by atoms with Crippen LogP contribution >= 0.6 is 0 Å². The molecule has 0 fully saturated rings. The Hall–Kier alpha value is -2.75. The van der Waals surface area contributed by atoms with Crippen molar-refractivity contribution in [2.24, 2.45) is 0 Å².